The number of hydrogen-bond donors (Lipinski definition) is 2. The third-order valence-corrected chi connectivity index (χ3v) is 2.80. The Hall–Kier alpha value is -1.47. The lowest BCUT2D eigenvalue weighted by molar-refractivity contribution is 0.411. The van der Waals surface area contributed by atoms with Crippen molar-refractivity contribution in [3.05, 3.63) is 40.5 Å². The number of hydrogen-bond acceptors (Lipinski definition) is 5. The first-order chi connectivity index (χ1) is 8.16. The molecule has 0 aliphatic heterocycles. The van der Waals surface area contributed by atoms with Crippen LogP contribution in [0.4, 0.5) is 5.69 Å². The average Bonchev–Trinajstić information content (AvgIpc) is 2.80. The number of rotatable bonds is 4. The van der Waals surface area contributed by atoms with Crippen LogP contribution >= 0.6 is 28.1 Å². The number of nitrogens with two attached hydrogens (primary N) is 1. The lowest BCUT2D eigenvalue weighted by Gasteiger charge is -2.10. The van der Waals surface area contributed by atoms with Gasteiger partial charge in [0.2, 0.25) is 6.39 Å². The molecule has 2 rings (SSSR count). The van der Waals surface area contributed by atoms with E-state index in [1.807, 2.05) is 18.2 Å². The number of thiocarbonyl (C=S) groups is 1. The summed E-state index contributed by atoms with van der Waals surface area (Å²) in [6.45, 7) is 0.452. The Kier molecular flexibility index (Phi) is 3.70. The molecular formula is C10H9BrN4OS. The number of anilines is 1. The van der Waals surface area contributed by atoms with Crippen LogP contribution < -0.4 is 11.1 Å². The lowest BCUT2D eigenvalue weighted by atomic mass is 10.2. The van der Waals surface area contributed by atoms with Crippen molar-refractivity contribution < 1.29 is 4.52 Å². The molecule has 0 bridgehead atoms. The van der Waals surface area contributed by atoms with E-state index in [0.29, 0.717) is 17.4 Å². The predicted molar refractivity (Wildman–Crippen MR) is 71.7 cm³/mol. The van der Waals surface area contributed by atoms with Crippen molar-refractivity contribution in [1.82, 2.24) is 10.1 Å². The highest BCUT2D eigenvalue weighted by Gasteiger charge is 2.06. The van der Waals surface area contributed by atoms with Crippen molar-refractivity contribution >= 4 is 38.8 Å². The van der Waals surface area contributed by atoms with E-state index in [1.165, 1.54) is 6.39 Å². The fourth-order valence-corrected chi connectivity index (χ4v) is 1.85. The van der Waals surface area contributed by atoms with Crippen LogP contribution in [0.25, 0.3) is 0 Å². The molecule has 0 atom stereocenters. The topological polar surface area (TPSA) is 77.0 Å². The first kappa shape index (κ1) is 12.0. The van der Waals surface area contributed by atoms with Gasteiger partial charge >= 0.3 is 0 Å². The van der Waals surface area contributed by atoms with Gasteiger partial charge in [0.25, 0.3) is 0 Å². The van der Waals surface area contributed by atoms with E-state index in [2.05, 4.69) is 35.9 Å². The van der Waals surface area contributed by atoms with Gasteiger partial charge < -0.3 is 15.6 Å². The summed E-state index contributed by atoms with van der Waals surface area (Å²) in [4.78, 5) is 4.24. The van der Waals surface area contributed by atoms with Crippen LogP contribution in [0, 0.1) is 0 Å². The summed E-state index contributed by atoms with van der Waals surface area (Å²) < 4.78 is 5.56. The van der Waals surface area contributed by atoms with Crippen LogP contribution in [0.3, 0.4) is 0 Å². The van der Waals surface area contributed by atoms with E-state index in [4.69, 9.17) is 18.0 Å². The maximum Gasteiger partial charge on any atom is 0.213 e. The highest BCUT2D eigenvalue weighted by Crippen LogP contribution is 2.21. The van der Waals surface area contributed by atoms with Crippen LogP contribution in [0.1, 0.15) is 11.4 Å². The summed E-state index contributed by atoms with van der Waals surface area (Å²) in [7, 11) is 0. The average molecular weight is 313 g/mol. The van der Waals surface area contributed by atoms with Crippen LogP contribution in [-0.4, -0.2) is 15.1 Å². The second-order valence-corrected chi connectivity index (χ2v) is 4.61. The minimum absolute atomic E-state index is 0.335. The molecule has 2 aromatic rings. The number of aromatic nitrogens is 2. The molecular weight excluding hydrogens is 304 g/mol. The molecule has 0 saturated carbocycles. The fourth-order valence-electron chi connectivity index (χ4n) is 1.32. The zero-order chi connectivity index (χ0) is 12.3. The van der Waals surface area contributed by atoms with E-state index in [-0.39, 0.29) is 0 Å². The van der Waals surface area contributed by atoms with Gasteiger partial charge in [-0.25, -0.2) is 0 Å². The van der Waals surface area contributed by atoms with Crippen LogP contribution in [0.15, 0.2) is 33.6 Å². The van der Waals surface area contributed by atoms with E-state index in [9.17, 15) is 0 Å². The monoisotopic (exact) mass is 312 g/mol. The zero-order valence-corrected chi connectivity index (χ0v) is 11.1. The maximum atomic E-state index is 5.65. The van der Waals surface area contributed by atoms with Crippen LogP contribution in [0.2, 0.25) is 0 Å². The Morgan fingerprint density at radius 1 is 1.53 bits per heavy atom. The third-order valence-electron chi connectivity index (χ3n) is 2.09. The molecule has 0 fully saturated rings. The summed E-state index contributed by atoms with van der Waals surface area (Å²) in [5.41, 5.74) is 7.27. The van der Waals surface area contributed by atoms with Crippen molar-refractivity contribution in [2.24, 2.45) is 5.73 Å². The first-order valence-electron chi connectivity index (χ1n) is 4.75. The molecule has 0 saturated heterocycles. The van der Waals surface area contributed by atoms with Gasteiger partial charge in [-0.2, -0.15) is 4.98 Å². The summed E-state index contributed by atoms with van der Waals surface area (Å²) in [6.07, 6.45) is 1.28. The quantitative estimate of drug-likeness (QED) is 0.842. The Morgan fingerprint density at radius 2 is 2.35 bits per heavy atom. The van der Waals surface area contributed by atoms with Crippen molar-refractivity contribution in [3.63, 3.8) is 0 Å². The molecule has 0 unspecified atom stereocenters. The predicted octanol–water partition coefficient (Wildman–Crippen LogP) is 2.08. The molecule has 0 spiro atoms. The van der Waals surface area contributed by atoms with Gasteiger partial charge in [-0.1, -0.05) is 33.3 Å². The second-order valence-electron chi connectivity index (χ2n) is 3.26. The standard InChI is InChI=1S/C10H9BrN4OS/c11-6-1-2-8(7(3-6)10(12)17)13-4-9-14-5-16-15-9/h1-3,5,13H,4H2,(H2,12,17). The molecule has 5 nitrogen and oxygen atoms in total. The van der Waals surface area contributed by atoms with Crippen molar-refractivity contribution in [2.75, 3.05) is 5.32 Å². The second kappa shape index (κ2) is 5.24. The Labute approximate surface area is 112 Å². The van der Waals surface area contributed by atoms with E-state index in [1.54, 1.807) is 0 Å². The van der Waals surface area contributed by atoms with Gasteiger partial charge in [0.15, 0.2) is 5.82 Å². The summed E-state index contributed by atoms with van der Waals surface area (Å²) >= 11 is 8.36. The van der Waals surface area contributed by atoms with E-state index >= 15 is 0 Å². The van der Waals surface area contributed by atoms with Crippen molar-refractivity contribution in [3.8, 4) is 0 Å². The number of benzene rings is 1. The largest absolute Gasteiger partial charge is 0.389 e. The normalized spacial score (nSPS) is 10.2. The summed E-state index contributed by atoms with van der Waals surface area (Å²) in [6, 6.07) is 5.65. The molecule has 3 N–H and O–H groups in total. The van der Waals surface area contributed by atoms with Gasteiger partial charge in [-0.15, -0.1) is 0 Å². The van der Waals surface area contributed by atoms with E-state index < -0.39 is 0 Å². The molecule has 1 aromatic heterocycles. The molecule has 0 aliphatic rings. The first-order valence-corrected chi connectivity index (χ1v) is 5.95. The van der Waals surface area contributed by atoms with Gasteiger partial charge in [-0.05, 0) is 18.2 Å². The van der Waals surface area contributed by atoms with E-state index in [0.717, 1.165) is 15.7 Å². The molecule has 17 heavy (non-hydrogen) atoms. The summed E-state index contributed by atoms with van der Waals surface area (Å²) in [5.74, 6) is 0.571. The molecule has 1 aromatic carbocycles. The van der Waals surface area contributed by atoms with Crippen molar-refractivity contribution in [1.29, 1.82) is 0 Å². The number of nitrogens with one attached hydrogen (secondary N) is 1. The van der Waals surface area contributed by atoms with Gasteiger partial charge in [0, 0.05) is 15.7 Å². The lowest BCUT2D eigenvalue weighted by Crippen LogP contribution is -2.13. The highest BCUT2D eigenvalue weighted by molar-refractivity contribution is 9.10. The smallest absolute Gasteiger partial charge is 0.213 e. The van der Waals surface area contributed by atoms with Crippen molar-refractivity contribution in [2.45, 2.75) is 6.54 Å². The van der Waals surface area contributed by atoms with Gasteiger partial charge in [0.05, 0.1) is 6.54 Å². The Morgan fingerprint density at radius 3 is 3.00 bits per heavy atom. The highest BCUT2D eigenvalue weighted by atomic mass is 79.9. The summed E-state index contributed by atoms with van der Waals surface area (Å²) in [5, 5.41) is 6.85. The third kappa shape index (κ3) is 3.01. The molecule has 1 heterocycles. The molecule has 7 heteroatoms. The molecule has 0 aliphatic carbocycles. The minimum atomic E-state index is 0.335. The fraction of sp³-hybridized carbons (Fsp3) is 0.100. The Bertz CT molecular complexity index is 529. The number of nitrogens with zero attached hydrogens (tertiary/aromatic N) is 2. The van der Waals surface area contributed by atoms with Gasteiger partial charge in [0.1, 0.15) is 4.99 Å². The Balaban J connectivity index is 2.17. The molecule has 0 amide bonds. The minimum Gasteiger partial charge on any atom is -0.389 e. The van der Waals surface area contributed by atoms with Crippen LogP contribution in [-0.2, 0) is 6.54 Å². The number of halogens is 1. The molecule has 0 radical (unpaired) electrons. The molecule has 88 valence electrons. The maximum absolute atomic E-state index is 5.65. The SMILES string of the molecule is NC(=S)c1cc(Br)ccc1NCc1ncon1. The van der Waals surface area contributed by atoms with Gasteiger partial charge in [-0.3, -0.25) is 0 Å². The zero-order valence-electron chi connectivity index (χ0n) is 8.68. The van der Waals surface area contributed by atoms with Crippen LogP contribution in [0.5, 0.6) is 0 Å².